The van der Waals surface area contributed by atoms with Crippen molar-refractivity contribution in [3.8, 4) is 0 Å². The number of rotatable bonds is 7. The molecular formula is C10H21F3N2O. The SMILES string of the molecule is COC(CN)CCN(CC(F)(F)F)C(C)C. The third-order valence-corrected chi connectivity index (χ3v) is 2.45. The lowest BCUT2D eigenvalue weighted by atomic mass is 10.2. The Morgan fingerprint density at radius 1 is 1.31 bits per heavy atom. The summed E-state index contributed by atoms with van der Waals surface area (Å²) in [4.78, 5) is 1.38. The first-order valence-corrected chi connectivity index (χ1v) is 5.33. The number of nitrogens with two attached hydrogens (primary N) is 1. The number of halogens is 3. The normalized spacial score (nSPS) is 14.8. The number of hydrogen-bond acceptors (Lipinski definition) is 3. The van der Waals surface area contributed by atoms with Crippen LogP contribution in [0, 0.1) is 0 Å². The number of nitrogens with zero attached hydrogens (tertiary/aromatic N) is 1. The average molecular weight is 242 g/mol. The summed E-state index contributed by atoms with van der Waals surface area (Å²) < 4.78 is 41.8. The molecule has 0 fully saturated rings. The van der Waals surface area contributed by atoms with Crippen LogP contribution in [-0.2, 0) is 4.74 Å². The summed E-state index contributed by atoms with van der Waals surface area (Å²) in [6.07, 6.45) is -3.81. The van der Waals surface area contributed by atoms with Gasteiger partial charge in [0, 0.05) is 26.2 Å². The van der Waals surface area contributed by atoms with E-state index >= 15 is 0 Å². The second-order valence-corrected chi connectivity index (χ2v) is 4.06. The fraction of sp³-hybridized carbons (Fsp3) is 1.00. The number of alkyl halides is 3. The van der Waals surface area contributed by atoms with Crippen molar-refractivity contribution in [1.29, 1.82) is 0 Å². The van der Waals surface area contributed by atoms with Crippen LogP contribution in [0.3, 0.4) is 0 Å². The molecule has 16 heavy (non-hydrogen) atoms. The highest BCUT2D eigenvalue weighted by molar-refractivity contribution is 4.70. The van der Waals surface area contributed by atoms with E-state index in [0.717, 1.165) is 0 Å². The highest BCUT2D eigenvalue weighted by Crippen LogP contribution is 2.18. The molecule has 0 aliphatic heterocycles. The molecule has 2 N–H and O–H groups in total. The molecule has 3 nitrogen and oxygen atoms in total. The van der Waals surface area contributed by atoms with E-state index in [9.17, 15) is 13.2 Å². The van der Waals surface area contributed by atoms with E-state index in [2.05, 4.69) is 0 Å². The lowest BCUT2D eigenvalue weighted by Gasteiger charge is -2.28. The van der Waals surface area contributed by atoms with Gasteiger partial charge in [0.15, 0.2) is 0 Å². The van der Waals surface area contributed by atoms with Crippen molar-refractivity contribution < 1.29 is 17.9 Å². The van der Waals surface area contributed by atoms with E-state index in [4.69, 9.17) is 10.5 Å². The molecule has 0 aromatic heterocycles. The molecule has 0 heterocycles. The minimum absolute atomic E-state index is 0.142. The van der Waals surface area contributed by atoms with Gasteiger partial charge >= 0.3 is 6.18 Å². The maximum Gasteiger partial charge on any atom is 0.401 e. The molecule has 0 aliphatic rings. The monoisotopic (exact) mass is 242 g/mol. The molecule has 0 rings (SSSR count). The zero-order valence-corrected chi connectivity index (χ0v) is 10.0. The van der Waals surface area contributed by atoms with Gasteiger partial charge in [-0.1, -0.05) is 0 Å². The summed E-state index contributed by atoms with van der Waals surface area (Å²) in [6.45, 7) is 3.28. The molecule has 98 valence electrons. The first-order chi connectivity index (χ1) is 7.30. The average Bonchev–Trinajstić information content (AvgIpc) is 2.15. The second kappa shape index (κ2) is 7.09. The highest BCUT2D eigenvalue weighted by Gasteiger charge is 2.31. The summed E-state index contributed by atoms with van der Waals surface area (Å²) in [6, 6.07) is -0.142. The maximum atomic E-state index is 12.3. The third kappa shape index (κ3) is 7.03. The summed E-state index contributed by atoms with van der Waals surface area (Å²) in [5.74, 6) is 0. The van der Waals surface area contributed by atoms with Crippen LogP contribution >= 0.6 is 0 Å². The zero-order valence-electron chi connectivity index (χ0n) is 10.0. The van der Waals surface area contributed by atoms with E-state index in [-0.39, 0.29) is 12.1 Å². The second-order valence-electron chi connectivity index (χ2n) is 4.06. The number of ether oxygens (including phenoxy) is 1. The van der Waals surface area contributed by atoms with Crippen LogP contribution in [0.4, 0.5) is 13.2 Å². The first-order valence-electron chi connectivity index (χ1n) is 5.33. The fourth-order valence-electron chi connectivity index (χ4n) is 1.39. The van der Waals surface area contributed by atoms with Gasteiger partial charge < -0.3 is 10.5 Å². The first kappa shape index (κ1) is 15.7. The Labute approximate surface area is 94.7 Å². The van der Waals surface area contributed by atoms with Crippen molar-refractivity contribution >= 4 is 0 Å². The van der Waals surface area contributed by atoms with Crippen LogP contribution < -0.4 is 5.73 Å². The Kier molecular flexibility index (Phi) is 6.94. The molecule has 0 saturated heterocycles. The van der Waals surface area contributed by atoms with Crippen LogP contribution in [-0.4, -0.2) is 50.0 Å². The van der Waals surface area contributed by atoms with E-state index in [1.165, 1.54) is 12.0 Å². The smallest absolute Gasteiger partial charge is 0.380 e. The zero-order chi connectivity index (χ0) is 12.8. The molecule has 0 radical (unpaired) electrons. The predicted molar refractivity (Wildman–Crippen MR) is 57.2 cm³/mol. The Morgan fingerprint density at radius 3 is 2.19 bits per heavy atom. The molecule has 0 saturated carbocycles. The van der Waals surface area contributed by atoms with Crippen molar-refractivity contribution in [3.63, 3.8) is 0 Å². The van der Waals surface area contributed by atoms with Gasteiger partial charge in [-0.25, -0.2) is 0 Å². The fourth-order valence-corrected chi connectivity index (χ4v) is 1.39. The standard InChI is InChI=1S/C10H21F3N2O/c1-8(2)15(7-10(11,12)13)5-4-9(6-14)16-3/h8-9H,4-7,14H2,1-3H3. The largest absolute Gasteiger partial charge is 0.401 e. The Hall–Kier alpha value is -0.330. The van der Waals surface area contributed by atoms with Gasteiger partial charge in [0.2, 0.25) is 0 Å². The quantitative estimate of drug-likeness (QED) is 0.737. The van der Waals surface area contributed by atoms with Crippen LogP contribution in [0.25, 0.3) is 0 Å². The maximum absolute atomic E-state index is 12.3. The van der Waals surface area contributed by atoms with E-state index in [1.54, 1.807) is 13.8 Å². The van der Waals surface area contributed by atoms with Crippen molar-refractivity contribution in [3.05, 3.63) is 0 Å². The van der Waals surface area contributed by atoms with Gasteiger partial charge in [0.25, 0.3) is 0 Å². The molecule has 0 spiro atoms. The molecule has 6 heteroatoms. The number of methoxy groups -OCH3 is 1. The molecule has 0 aromatic rings. The summed E-state index contributed by atoms with van der Waals surface area (Å²) >= 11 is 0. The van der Waals surface area contributed by atoms with Crippen LogP contribution in [0.5, 0.6) is 0 Å². The minimum atomic E-state index is -4.16. The van der Waals surface area contributed by atoms with Crippen molar-refractivity contribution in [2.24, 2.45) is 5.73 Å². The summed E-state index contributed by atoms with van der Waals surface area (Å²) in [5, 5.41) is 0. The minimum Gasteiger partial charge on any atom is -0.380 e. The van der Waals surface area contributed by atoms with Crippen LogP contribution in [0.1, 0.15) is 20.3 Å². The van der Waals surface area contributed by atoms with Crippen molar-refractivity contribution in [2.75, 3.05) is 26.7 Å². The Bertz CT molecular complexity index is 181. The van der Waals surface area contributed by atoms with Gasteiger partial charge in [-0.3, -0.25) is 4.90 Å². The molecule has 1 unspecified atom stereocenters. The summed E-state index contributed by atoms with van der Waals surface area (Å²) in [7, 11) is 1.51. The van der Waals surface area contributed by atoms with Crippen molar-refractivity contribution in [1.82, 2.24) is 4.90 Å². The van der Waals surface area contributed by atoms with Gasteiger partial charge in [0.1, 0.15) is 0 Å². The molecular weight excluding hydrogens is 221 g/mol. The van der Waals surface area contributed by atoms with Gasteiger partial charge in [-0.2, -0.15) is 13.2 Å². The van der Waals surface area contributed by atoms with E-state index in [0.29, 0.717) is 19.5 Å². The molecule has 1 atom stereocenters. The summed E-state index contributed by atoms with van der Waals surface area (Å²) in [5.41, 5.74) is 5.41. The molecule has 0 bridgehead atoms. The topological polar surface area (TPSA) is 38.5 Å². The van der Waals surface area contributed by atoms with Gasteiger partial charge in [0.05, 0.1) is 12.6 Å². The lowest BCUT2D eigenvalue weighted by molar-refractivity contribution is -0.150. The lowest BCUT2D eigenvalue weighted by Crippen LogP contribution is -2.41. The van der Waals surface area contributed by atoms with Crippen molar-refractivity contribution in [2.45, 2.75) is 38.6 Å². The Balaban J connectivity index is 4.14. The van der Waals surface area contributed by atoms with Gasteiger partial charge in [-0.15, -0.1) is 0 Å². The molecule has 0 aromatic carbocycles. The number of hydrogen-bond donors (Lipinski definition) is 1. The van der Waals surface area contributed by atoms with Crippen LogP contribution in [0.15, 0.2) is 0 Å². The van der Waals surface area contributed by atoms with E-state index < -0.39 is 12.7 Å². The predicted octanol–water partition coefficient (Wildman–Crippen LogP) is 1.62. The van der Waals surface area contributed by atoms with Crippen LogP contribution in [0.2, 0.25) is 0 Å². The molecule has 0 amide bonds. The molecule has 0 aliphatic carbocycles. The Morgan fingerprint density at radius 2 is 1.88 bits per heavy atom. The van der Waals surface area contributed by atoms with Gasteiger partial charge in [-0.05, 0) is 20.3 Å². The third-order valence-electron chi connectivity index (χ3n) is 2.45. The highest BCUT2D eigenvalue weighted by atomic mass is 19.4. The van der Waals surface area contributed by atoms with E-state index in [1.807, 2.05) is 0 Å².